The maximum absolute atomic E-state index is 14.9. The van der Waals surface area contributed by atoms with Gasteiger partial charge in [0.2, 0.25) is 5.91 Å². The Labute approximate surface area is 358 Å². The Hall–Kier alpha value is -3.65. The van der Waals surface area contributed by atoms with E-state index in [1.165, 1.54) is 18.4 Å². The molecule has 2 aromatic rings. The summed E-state index contributed by atoms with van der Waals surface area (Å²) in [6, 6.07) is 14.7. The van der Waals surface area contributed by atoms with Gasteiger partial charge < -0.3 is 34.1 Å². The Balaban J connectivity index is 0.915. The van der Waals surface area contributed by atoms with Crippen LogP contribution in [0.4, 0.5) is 0 Å². The lowest BCUT2D eigenvalue weighted by Gasteiger charge is -2.53. The molecule has 12 heteroatoms. The number of nitrogens with one attached hydrogen (secondary N) is 1. The van der Waals surface area contributed by atoms with E-state index >= 15 is 0 Å². The number of carbonyl (C=O) groups is 3. The van der Waals surface area contributed by atoms with Crippen LogP contribution in [0.1, 0.15) is 115 Å². The number of fused-ring (bicyclic) bond motifs is 7. The van der Waals surface area contributed by atoms with Crippen molar-refractivity contribution < 1.29 is 48.0 Å². The quantitative estimate of drug-likeness (QED) is 0.222. The van der Waals surface area contributed by atoms with Crippen molar-refractivity contribution >= 4 is 23.9 Å². The molecule has 2 N–H and O–H groups in total. The van der Waals surface area contributed by atoms with Gasteiger partial charge in [-0.2, -0.15) is 5.06 Å². The van der Waals surface area contributed by atoms with E-state index in [0.717, 1.165) is 41.5 Å². The number of carbonyl (C=O) groups excluding carboxylic acids is 3. The number of hydroxylamine groups is 2. The molecular weight excluding hydrogens is 777 g/mol. The predicted molar refractivity (Wildman–Crippen MR) is 223 cm³/mol. The van der Waals surface area contributed by atoms with Gasteiger partial charge in [0, 0.05) is 25.7 Å². The fourth-order valence-corrected chi connectivity index (χ4v) is 12.3. The first-order valence-electron chi connectivity index (χ1n) is 22.7. The highest BCUT2D eigenvalue weighted by atomic mass is 16.8. The average Bonchev–Trinajstić information content (AvgIpc) is 3.48. The third kappa shape index (κ3) is 7.27. The molecule has 1 spiro atoms. The second kappa shape index (κ2) is 14.7. The van der Waals surface area contributed by atoms with Crippen LogP contribution in [-0.2, 0) is 62.3 Å². The molecule has 328 valence electrons. The molecule has 11 atom stereocenters. The molecule has 2 bridgehead atoms. The van der Waals surface area contributed by atoms with E-state index < -0.39 is 77.8 Å². The maximum atomic E-state index is 14.9. The SMILES string of the molecule is CC(C)(C)OC(=O)CC[C@@H](CO)NC(=O)[C@@]12C[C@H]3OC(=O)[C@@H]1N(Cc1ccc(C=C4CCC5O[C@]5(C)CC[C@@H]5[C@@H]4CC5(C)C)cc1)O[C@@H]2[C@H]1OC2(Cc4ccccc4C2)O[C@H]13. The van der Waals surface area contributed by atoms with Crippen LogP contribution in [0.2, 0.25) is 0 Å². The molecule has 1 unspecified atom stereocenters. The zero-order valence-corrected chi connectivity index (χ0v) is 36.4. The van der Waals surface area contributed by atoms with Gasteiger partial charge in [-0.25, -0.2) is 0 Å². The molecule has 0 aromatic heterocycles. The van der Waals surface area contributed by atoms with Gasteiger partial charge >= 0.3 is 11.9 Å². The van der Waals surface area contributed by atoms with E-state index in [4.69, 9.17) is 28.5 Å². The normalized spacial score (nSPS) is 37.5. The van der Waals surface area contributed by atoms with Gasteiger partial charge in [0.05, 0.1) is 30.9 Å². The molecule has 2 aromatic carbocycles. The monoisotopic (exact) mass is 838 g/mol. The molecule has 12 nitrogen and oxygen atoms in total. The highest BCUT2D eigenvalue weighted by Gasteiger charge is 2.76. The largest absolute Gasteiger partial charge is 0.460 e. The first-order valence-corrected chi connectivity index (χ1v) is 22.7. The van der Waals surface area contributed by atoms with Gasteiger partial charge in [0.15, 0.2) is 11.8 Å². The zero-order chi connectivity index (χ0) is 42.7. The highest BCUT2D eigenvalue weighted by Crippen LogP contribution is 2.61. The Morgan fingerprint density at radius 1 is 0.984 bits per heavy atom. The Kier molecular flexibility index (Phi) is 9.97. The van der Waals surface area contributed by atoms with Gasteiger partial charge in [-0.15, -0.1) is 0 Å². The molecule has 10 rings (SSSR count). The number of allylic oxidation sites excluding steroid dienone is 1. The molecule has 7 fully saturated rings. The second-order valence-electron chi connectivity index (χ2n) is 21.3. The average molecular weight is 839 g/mol. The topological polar surface area (TPSA) is 145 Å². The van der Waals surface area contributed by atoms with Crippen LogP contribution in [-0.4, -0.2) is 94.2 Å². The summed E-state index contributed by atoms with van der Waals surface area (Å²) in [5.41, 5.74) is 4.12. The Bertz CT molecular complexity index is 2090. The van der Waals surface area contributed by atoms with Crippen LogP contribution in [0.3, 0.4) is 0 Å². The molecule has 4 aliphatic carbocycles. The number of nitrogens with zero attached hydrogens (tertiary/aromatic N) is 1. The summed E-state index contributed by atoms with van der Waals surface area (Å²) in [7, 11) is 0. The Morgan fingerprint density at radius 2 is 1.70 bits per heavy atom. The van der Waals surface area contributed by atoms with Crippen molar-refractivity contribution in [2.24, 2.45) is 22.7 Å². The molecular formula is C49H62N2O10. The molecule has 4 heterocycles. The van der Waals surface area contributed by atoms with Crippen LogP contribution in [0.5, 0.6) is 0 Å². The number of rotatable bonds is 9. The summed E-state index contributed by atoms with van der Waals surface area (Å²) in [5, 5.41) is 15.1. The zero-order valence-electron chi connectivity index (χ0n) is 36.4. The van der Waals surface area contributed by atoms with E-state index in [1.54, 1.807) is 25.8 Å². The van der Waals surface area contributed by atoms with E-state index in [9.17, 15) is 19.5 Å². The van der Waals surface area contributed by atoms with Gasteiger partial charge in [-0.1, -0.05) is 74.0 Å². The molecule has 1 amide bonds. The minimum atomic E-state index is -1.42. The van der Waals surface area contributed by atoms with Crippen molar-refractivity contribution in [3.8, 4) is 0 Å². The standard InChI is InChI=1S/C49H62N2O10/c1-45(2,3)58-38(53)18-16-33(27-52)50-44(55)49-25-36-39-40(60-48(59-39)22-31-9-7-8-10-32(31)23-48)42(49)61-51(41(49)43(54)56-36)26-29-13-11-28(12-14-29)21-30-15-17-37-47(6,57-37)20-19-35-34(30)24-46(35,4)5/h7-14,21,33-37,39-42,52H,15-20,22-27H2,1-6H3,(H,50,55)/t33-,34+,35+,36+,37?,39-,40-,41-,42+,47+,49-/m0/s1. The third-order valence-electron chi connectivity index (χ3n) is 15.5. The van der Waals surface area contributed by atoms with E-state index in [0.29, 0.717) is 36.2 Å². The molecule has 8 aliphatic rings. The fourth-order valence-electron chi connectivity index (χ4n) is 12.3. The molecule has 4 saturated heterocycles. The summed E-state index contributed by atoms with van der Waals surface area (Å²) in [5.74, 6) is -1.16. The molecule has 61 heavy (non-hydrogen) atoms. The number of aliphatic hydroxyl groups is 1. The third-order valence-corrected chi connectivity index (χ3v) is 15.5. The lowest BCUT2D eigenvalue weighted by atomic mass is 9.52. The summed E-state index contributed by atoms with van der Waals surface area (Å²) in [6.45, 7) is 12.3. The molecule has 3 saturated carbocycles. The number of ether oxygens (including phenoxy) is 5. The summed E-state index contributed by atoms with van der Waals surface area (Å²) in [4.78, 5) is 48.7. The van der Waals surface area contributed by atoms with Crippen molar-refractivity contribution in [1.82, 2.24) is 10.4 Å². The van der Waals surface area contributed by atoms with Crippen molar-refractivity contribution in [1.29, 1.82) is 0 Å². The van der Waals surface area contributed by atoms with Crippen LogP contribution in [0, 0.1) is 22.7 Å². The summed E-state index contributed by atoms with van der Waals surface area (Å²) in [6.07, 6.45) is 6.75. The lowest BCUT2D eigenvalue weighted by Crippen LogP contribution is -2.70. The van der Waals surface area contributed by atoms with E-state index in [1.807, 2.05) is 12.1 Å². The van der Waals surface area contributed by atoms with Crippen molar-refractivity contribution in [2.75, 3.05) is 6.61 Å². The first-order chi connectivity index (χ1) is 29.0. The number of hydrogen-bond donors (Lipinski definition) is 2. The highest BCUT2D eigenvalue weighted by molar-refractivity contribution is 5.94. The number of benzene rings is 2. The van der Waals surface area contributed by atoms with Crippen LogP contribution in [0.25, 0.3) is 6.08 Å². The number of aliphatic hydroxyl groups excluding tert-OH is 1. The van der Waals surface area contributed by atoms with E-state index in [-0.39, 0.29) is 31.4 Å². The number of esters is 2. The second-order valence-corrected chi connectivity index (χ2v) is 21.3. The maximum Gasteiger partial charge on any atom is 0.327 e. The van der Waals surface area contributed by atoms with Crippen LogP contribution in [0.15, 0.2) is 54.1 Å². The smallest absolute Gasteiger partial charge is 0.327 e. The fraction of sp³-hybridized carbons (Fsp3) is 0.653. The predicted octanol–water partition coefficient (Wildman–Crippen LogP) is 6.14. The number of hydrogen-bond acceptors (Lipinski definition) is 11. The van der Waals surface area contributed by atoms with Gasteiger partial charge in [-0.05, 0) is 106 Å². The van der Waals surface area contributed by atoms with Crippen molar-refractivity contribution in [2.45, 2.75) is 172 Å². The van der Waals surface area contributed by atoms with Crippen molar-refractivity contribution in [3.63, 3.8) is 0 Å². The van der Waals surface area contributed by atoms with Gasteiger partial charge in [0.1, 0.15) is 35.4 Å². The lowest BCUT2D eigenvalue weighted by molar-refractivity contribution is -0.217. The van der Waals surface area contributed by atoms with Crippen molar-refractivity contribution in [3.05, 3.63) is 76.4 Å². The van der Waals surface area contributed by atoms with Crippen LogP contribution < -0.4 is 5.32 Å². The van der Waals surface area contributed by atoms with Gasteiger partial charge in [-0.3, -0.25) is 19.2 Å². The summed E-state index contributed by atoms with van der Waals surface area (Å²) >= 11 is 0. The van der Waals surface area contributed by atoms with E-state index in [2.05, 4.69) is 68.6 Å². The minimum absolute atomic E-state index is 0.000920. The molecule has 0 radical (unpaired) electrons. The first kappa shape index (κ1) is 41.4. The summed E-state index contributed by atoms with van der Waals surface area (Å²) < 4.78 is 31.6. The van der Waals surface area contributed by atoms with Crippen LogP contribution >= 0.6 is 0 Å². The Morgan fingerprint density at radius 3 is 2.39 bits per heavy atom. The molecule has 4 aliphatic heterocycles. The number of amides is 1. The van der Waals surface area contributed by atoms with Gasteiger partial charge in [0.25, 0.3) is 0 Å². The minimum Gasteiger partial charge on any atom is -0.460 e. The number of epoxide rings is 1.